The summed E-state index contributed by atoms with van der Waals surface area (Å²) in [5.74, 6) is -0.303. The normalized spacial score (nSPS) is 18.1. The van der Waals surface area contributed by atoms with Crippen molar-refractivity contribution in [3.05, 3.63) is 71.5 Å². The lowest BCUT2D eigenvalue weighted by Gasteiger charge is -2.25. The van der Waals surface area contributed by atoms with Gasteiger partial charge in [-0.2, -0.15) is 0 Å². The van der Waals surface area contributed by atoms with Crippen molar-refractivity contribution in [1.29, 1.82) is 0 Å². The van der Waals surface area contributed by atoms with Gasteiger partial charge in [-0.25, -0.2) is 0 Å². The first-order valence-corrected chi connectivity index (χ1v) is 11.0. The average molecular weight is 460 g/mol. The highest BCUT2D eigenvalue weighted by atomic mass is 35.5. The van der Waals surface area contributed by atoms with Gasteiger partial charge in [-0.05, 0) is 43.5 Å². The third-order valence-corrected chi connectivity index (χ3v) is 7.04. The van der Waals surface area contributed by atoms with Crippen molar-refractivity contribution in [3.8, 4) is 0 Å². The zero-order valence-corrected chi connectivity index (χ0v) is 19.0. The number of hydrogen-bond donors (Lipinski definition) is 2. The molecule has 2 amide bonds. The average Bonchev–Trinajstić information content (AvgIpc) is 3.41. The molecule has 33 heavy (non-hydrogen) atoms. The van der Waals surface area contributed by atoms with Crippen LogP contribution in [0.15, 0.2) is 54.6 Å². The van der Waals surface area contributed by atoms with Gasteiger partial charge in [-0.1, -0.05) is 36.4 Å². The van der Waals surface area contributed by atoms with E-state index in [2.05, 4.69) is 22.0 Å². The lowest BCUT2D eigenvalue weighted by atomic mass is 9.90. The van der Waals surface area contributed by atoms with Crippen molar-refractivity contribution in [2.75, 3.05) is 6.54 Å². The van der Waals surface area contributed by atoms with Gasteiger partial charge in [0.1, 0.15) is 0 Å². The Morgan fingerprint density at radius 2 is 1.70 bits per heavy atom. The molecule has 4 heterocycles. The number of nitrogens with two attached hydrogens (primary N) is 1. The smallest absolute Gasteiger partial charge is 0.261 e. The highest BCUT2D eigenvalue weighted by Crippen LogP contribution is 2.41. The molecule has 0 saturated carbocycles. The SMILES string of the molecule is Cn1c(C2=C(c3c4n(c5ccccc35)CCC(CN)C4)C(=O)NC2=O)cc2ccccc21.[Cl-]. The molecule has 2 aromatic heterocycles. The van der Waals surface area contributed by atoms with E-state index in [0.29, 0.717) is 23.6 Å². The number of rotatable bonds is 3. The Balaban J connectivity index is 0.00000228. The first kappa shape index (κ1) is 21.5. The van der Waals surface area contributed by atoms with Crippen LogP contribution in [0.2, 0.25) is 0 Å². The second-order valence-corrected chi connectivity index (χ2v) is 8.77. The molecule has 1 unspecified atom stereocenters. The van der Waals surface area contributed by atoms with E-state index in [1.165, 1.54) is 0 Å². The highest BCUT2D eigenvalue weighted by molar-refractivity contribution is 6.50. The summed E-state index contributed by atoms with van der Waals surface area (Å²) in [5, 5.41) is 4.62. The topological polar surface area (TPSA) is 82.0 Å². The van der Waals surface area contributed by atoms with E-state index in [1.54, 1.807) is 0 Å². The molecule has 0 spiro atoms. The Bertz CT molecular complexity index is 1480. The maximum absolute atomic E-state index is 13.2. The van der Waals surface area contributed by atoms with Gasteiger partial charge in [0.2, 0.25) is 0 Å². The third-order valence-electron chi connectivity index (χ3n) is 7.04. The molecule has 7 heteroatoms. The van der Waals surface area contributed by atoms with Gasteiger partial charge in [-0.3, -0.25) is 14.9 Å². The van der Waals surface area contributed by atoms with Gasteiger partial charge >= 0.3 is 0 Å². The van der Waals surface area contributed by atoms with Crippen molar-refractivity contribution < 1.29 is 22.0 Å². The lowest BCUT2D eigenvalue weighted by Crippen LogP contribution is -3.00. The molecule has 0 radical (unpaired) electrons. The predicted octanol–water partition coefficient (Wildman–Crippen LogP) is 0.225. The standard InChI is InChI=1S/C26H24N4O2.ClH/c1-29-18-8-4-2-6-16(18)13-20(29)23-24(26(32)28-25(23)31)22-17-7-3-5-9-19(17)30-11-10-15(14-27)12-21(22)30;/h2-9,13,15H,10-12,14,27H2,1H3,(H,28,31,32);1H/p-1. The Morgan fingerprint density at radius 3 is 2.45 bits per heavy atom. The Kier molecular flexibility index (Phi) is 5.15. The van der Waals surface area contributed by atoms with Crippen molar-refractivity contribution in [3.63, 3.8) is 0 Å². The van der Waals surface area contributed by atoms with Gasteiger partial charge in [0.25, 0.3) is 11.8 Å². The number of hydrogen-bond acceptors (Lipinski definition) is 3. The van der Waals surface area contributed by atoms with Gasteiger partial charge in [0, 0.05) is 46.7 Å². The van der Waals surface area contributed by atoms with Gasteiger partial charge in [-0.15, -0.1) is 0 Å². The van der Waals surface area contributed by atoms with Crippen LogP contribution in [0.1, 0.15) is 23.4 Å². The maximum atomic E-state index is 13.2. The summed E-state index contributed by atoms with van der Waals surface area (Å²) in [6.45, 7) is 1.48. The molecule has 6 rings (SSSR count). The van der Waals surface area contributed by atoms with Crippen LogP contribution >= 0.6 is 0 Å². The fourth-order valence-corrected chi connectivity index (χ4v) is 5.46. The molecular formula is C26H24ClN4O2-. The molecule has 2 aromatic carbocycles. The molecule has 168 valence electrons. The van der Waals surface area contributed by atoms with Gasteiger partial charge in [0.15, 0.2) is 0 Å². The van der Waals surface area contributed by atoms with Crippen LogP contribution in [0.5, 0.6) is 0 Å². The third kappa shape index (κ3) is 3.05. The van der Waals surface area contributed by atoms with E-state index >= 15 is 0 Å². The first-order valence-electron chi connectivity index (χ1n) is 11.0. The van der Waals surface area contributed by atoms with Crippen LogP contribution < -0.4 is 23.5 Å². The molecule has 0 fully saturated rings. The van der Waals surface area contributed by atoms with Crippen molar-refractivity contribution >= 4 is 44.8 Å². The van der Waals surface area contributed by atoms with Gasteiger partial charge < -0.3 is 27.3 Å². The minimum Gasteiger partial charge on any atom is -1.00 e. The molecule has 0 bridgehead atoms. The number of fused-ring (bicyclic) bond motifs is 4. The summed E-state index contributed by atoms with van der Waals surface area (Å²) < 4.78 is 4.30. The number of imide groups is 1. The Hall–Kier alpha value is -3.35. The summed E-state index contributed by atoms with van der Waals surface area (Å²) in [5.41, 5.74) is 11.8. The molecule has 1 atom stereocenters. The largest absolute Gasteiger partial charge is 1.00 e. The zero-order valence-electron chi connectivity index (χ0n) is 18.3. The molecule has 3 N–H and O–H groups in total. The summed E-state index contributed by atoms with van der Waals surface area (Å²) in [4.78, 5) is 26.4. The van der Waals surface area contributed by atoms with Crippen LogP contribution in [-0.4, -0.2) is 27.5 Å². The van der Waals surface area contributed by atoms with Crippen LogP contribution in [0.3, 0.4) is 0 Å². The fraction of sp³-hybridized carbons (Fsp3) is 0.231. The Labute approximate surface area is 197 Å². The number of aromatic nitrogens is 2. The molecular weight excluding hydrogens is 436 g/mol. The number of benzene rings is 2. The van der Waals surface area contributed by atoms with E-state index in [-0.39, 0.29) is 24.2 Å². The molecule has 6 nitrogen and oxygen atoms in total. The van der Waals surface area contributed by atoms with E-state index in [0.717, 1.165) is 58.1 Å². The van der Waals surface area contributed by atoms with Crippen LogP contribution in [0, 0.1) is 5.92 Å². The number of carbonyl (C=O) groups excluding carboxylic acids is 2. The van der Waals surface area contributed by atoms with Crippen LogP contribution in [-0.2, 0) is 29.6 Å². The van der Waals surface area contributed by atoms with Gasteiger partial charge in [0.05, 0.1) is 16.8 Å². The maximum Gasteiger partial charge on any atom is 0.261 e. The van der Waals surface area contributed by atoms with Crippen molar-refractivity contribution in [2.45, 2.75) is 19.4 Å². The van der Waals surface area contributed by atoms with Crippen LogP contribution in [0.25, 0.3) is 33.0 Å². The van der Waals surface area contributed by atoms with Crippen LogP contribution in [0.4, 0.5) is 0 Å². The summed E-state index contributed by atoms with van der Waals surface area (Å²) in [6, 6.07) is 18.2. The predicted molar refractivity (Wildman–Crippen MR) is 126 cm³/mol. The van der Waals surface area contributed by atoms with Crippen molar-refractivity contribution in [2.24, 2.45) is 18.7 Å². The molecule has 4 aromatic rings. The number of aryl methyl sites for hydroxylation is 2. The number of carbonyl (C=O) groups is 2. The first-order chi connectivity index (χ1) is 15.6. The monoisotopic (exact) mass is 459 g/mol. The van der Waals surface area contributed by atoms with E-state index in [4.69, 9.17) is 5.73 Å². The number of halogens is 1. The minimum absolute atomic E-state index is 0. The quantitative estimate of drug-likeness (QED) is 0.430. The second kappa shape index (κ2) is 7.90. The zero-order chi connectivity index (χ0) is 22.0. The number of nitrogens with zero attached hydrogens (tertiary/aromatic N) is 2. The second-order valence-electron chi connectivity index (χ2n) is 8.77. The molecule has 0 saturated heterocycles. The molecule has 2 aliphatic heterocycles. The minimum atomic E-state index is -0.342. The number of nitrogens with one attached hydrogen (secondary N) is 1. The molecule has 0 aliphatic carbocycles. The molecule has 2 aliphatic rings. The lowest BCUT2D eigenvalue weighted by molar-refractivity contribution is -0.122. The summed E-state index contributed by atoms with van der Waals surface area (Å²) >= 11 is 0. The summed E-state index contributed by atoms with van der Waals surface area (Å²) in [6.07, 6.45) is 1.82. The number of para-hydroxylation sites is 2. The fourth-order valence-electron chi connectivity index (χ4n) is 5.46. The van der Waals surface area contributed by atoms with E-state index in [1.807, 2.05) is 54.1 Å². The van der Waals surface area contributed by atoms with Crippen molar-refractivity contribution in [1.82, 2.24) is 14.5 Å². The van der Waals surface area contributed by atoms with E-state index in [9.17, 15) is 9.59 Å². The van der Waals surface area contributed by atoms with E-state index < -0.39 is 0 Å². The summed E-state index contributed by atoms with van der Waals surface area (Å²) in [7, 11) is 1.94. The number of amides is 2. The highest BCUT2D eigenvalue weighted by Gasteiger charge is 2.38. The Morgan fingerprint density at radius 1 is 1.00 bits per heavy atom.